The van der Waals surface area contributed by atoms with E-state index in [9.17, 15) is 0 Å². The Morgan fingerprint density at radius 1 is 0.889 bits per heavy atom. The average molecular weight is 235 g/mol. The second-order valence-corrected chi connectivity index (χ2v) is 4.21. The molecule has 0 spiro atoms. The lowest BCUT2D eigenvalue weighted by atomic mass is 10.2. The first kappa shape index (κ1) is 10.7. The first-order chi connectivity index (χ1) is 8.83. The maximum Gasteiger partial charge on any atom is 0.181 e. The van der Waals surface area contributed by atoms with E-state index >= 15 is 0 Å². The summed E-state index contributed by atoms with van der Waals surface area (Å²) in [5, 5.41) is 4.49. The molecule has 3 rings (SSSR count). The minimum atomic E-state index is 0.746. The Balaban J connectivity index is 1.97. The van der Waals surface area contributed by atoms with Gasteiger partial charge in [-0.05, 0) is 19.1 Å². The molecule has 0 aliphatic heterocycles. The van der Waals surface area contributed by atoms with E-state index in [0.717, 1.165) is 17.1 Å². The topological polar surface area (TPSA) is 30.7 Å². The monoisotopic (exact) mass is 235 g/mol. The minimum absolute atomic E-state index is 0.746. The number of benzene rings is 2. The number of aryl methyl sites for hydroxylation is 1. The highest BCUT2D eigenvalue weighted by atomic mass is 15.3. The van der Waals surface area contributed by atoms with Crippen LogP contribution in [-0.2, 0) is 0 Å². The number of aromatic nitrogens is 3. The highest BCUT2D eigenvalue weighted by molar-refractivity contribution is 5.54. The van der Waals surface area contributed by atoms with E-state index in [0.29, 0.717) is 0 Å². The molecule has 0 unspecified atom stereocenters. The van der Waals surface area contributed by atoms with Crippen molar-refractivity contribution in [1.82, 2.24) is 14.8 Å². The van der Waals surface area contributed by atoms with Gasteiger partial charge in [0.25, 0.3) is 0 Å². The van der Waals surface area contributed by atoms with Crippen LogP contribution in [0.15, 0.2) is 60.9 Å². The van der Waals surface area contributed by atoms with Crippen LogP contribution in [0.2, 0.25) is 0 Å². The SMILES string of the molecule is Cc1ccc(-n2cnc(-c3ccccc3)n2)cc1. The third kappa shape index (κ3) is 2.02. The van der Waals surface area contributed by atoms with Crippen LogP contribution in [0.4, 0.5) is 0 Å². The highest BCUT2D eigenvalue weighted by Gasteiger charge is 2.04. The van der Waals surface area contributed by atoms with Crippen molar-refractivity contribution in [3.63, 3.8) is 0 Å². The van der Waals surface area contributed by atoms with Gasteiger partial charge in [0.15, 0.2) is 5.82 Å². The number of hydrogen-bond acceptors (Lipinski definition) is 2. The van der Waals surface area contributed by atoms with Crippen molar-refractivity contribution < 1.29 is 0 Å². The van der Waals surface area contributed by atoms with E-state index < -0.39 is 0 Å². The summed E-state index contributed by atoms with van der Waals surface area (Å²) in [5.41, 5.74) is 3.29. The minimum Gasteiger partial charge on any atom is -0.220 e. The molecule has 18 heavy (non-hydrogen) atoms. The third-order valence-electron chi connectivity index (χ3n) is 2.82. The Morgan fingerprint density at radius 3 is 2.33 bits per heavy atom. The summed E-state index contributed by atoms with van der Waals surface area (Å²) >= 11 is 0. The van der Waals surface area contributed by atoms with E-state index in [-0.39, 0.29) is 0 Å². The van der Waals surface area contributed by atoms with Crippen molar-refractivity contribution in [2.75, 3.05) is 0 Å². The van der Waals surface area contributed by atoms with Gasteiger partial charge in [-0.25, -0.2) is 9.67 Å². The fourth-order valence-electron chi connectivity index (χ4n) is 1.80. The molecular formula is C15H13N3. The Morgan fingerprint density at radius 2 is 1.61 bits per heavy atom. The van der Waals surface area contributed by atoms with Gasteiger partial charge in [0, 0.05) is 5.56 Å². The fourth-order valence-corrected chi connectivity index (χ4v) is 1.80. The number of rotatable bonds is 2. The Bertz CT molecular complexity index is 639. The molecule has 1 aromatic heterocycles. The Hall–Kier alpha value is -2.42. The molecule has 0 fully saturated rings. The van der Waals surface area contributed by atoms with Crippen molar-refractivity contribution in [3.8, 4) is 17.1 Å². The molecule has 88 valence electrons. The van der Waals surface area contributed by atoms with Gasteiger partial charge in [0.1, 0.15) is 6.33 Å². The van der Waals surface area contributed by atoms with Crippen LogP contribution >= 0.6 is 0 Å². The third-order valence-corrected chi connectivity index (χ3v) is 2.82. The molecular weight excluding hydrogens is 222 g/mol. The molecule has 3 heteroatoms. The van der Waals surface area contributed by atoms with Crippen LogP contribution in [0, 0.1) is 6.92 Å². The normalized spacial score (nSPS) is 10.5. The van der Waals surface area contributed by atoms with Crippen LogP contribution in [0.1, 0.15) is 5.56 Å². The summed E-state index contributed by atoms with van der Waals surface area (Å²) < 4.78 is 1.79. The lowest BCUT2D eigenvalue weighted by Gasteiger charge is -2.00. The van der Waals surface area contributed by atoms with Gasteiger partial charge < -0.3 is 0 Å². The maximum atomic E-state index is 4.49. The van der Waals surface area contributed by atoms with Crippen LogP contribution in [0.3, 0.4) is 0 Å². The summed E-state index contributed by atoms with van der Waals surface area (Å²) in [6, 6.07) is 18.2. The first-order valence-electron chi connectivity index (χ1n) is 5.87. The zero-order valence-corrected chi connectivity index (χ0v) is 10.1. The molecule has 3 aromatic rings. The lowest BCUT2D eigenvalue weighted by Crippen LogP contribution is -1.94. The Labute approximate surface area is 106 Å². The van der Waals surface area contributed by atoms with Crippen LogP contribution in [-0.4, -0.2) is 14.8 Å². The number of hydrogen-bond donors (Lipinski definition) is 0. The molecule has 0 radical (unpaired) electrons. The van der Waals surface area contributed by atoms with Gasteiger partial charge in [-0.3, -0.25) is 0 Å². The molecule has 0 bridgehead atoms. The second kappa shape index (κ2) is 4.45. The first-order valence-corrected chi connectivity index (χ1v) is 5.87. The quantitative estimate of drug-likeness (QED) is 0.682. The second-order valence-electron chi connectivity index (χ2n) is 4.21. The van der Waals surface area contributed by atoms with E-state index in [1.165, 1.54) is 5.56 Å². The maximum absolute atomic E-state index is 4.49. The molecule has 0 amide bonds. The van der Waals surface area contributed by atoms with Gasteiger partial charge in [0.05, 0.1) is 5.69 Å². The summed E-state index contributed by atoms with van der Waals surface area (Å²) in [5.74, 6) is 0.746. The molecule has 3 nitrogen and oxygen atoms in total. The smallest absolute Gasteiger partial charge is 0.181 e. The van der Waals surface area contributed by atoms with E-state index in [4.69, 9.17) is 0 Å². The highest BCUT2D eigenvalue weighted by Crippen LogP contribution is 2.15. The van der Waals surface area contributed by atoms with Crippen molar-refractivity contribution in [2.45, 2.75) is 6.92 Å². The standard InChI is InChI=1S/C15H13N3/c1-12-7-9-14(10-8-12)18-11-16-15(17-18)13-5-3-2-4-6-13/h2-11H,1H3. The molecule has 0 atom stereocenters. The summed E-state index contributed by atoms with van der Waals surface area (Å²) in [6.45, 7) is 2.07. The van der Waals surface area contributed by atoms with Gasteiger partial charge in [-0.15, -0.1) is 5.10 Å². The van der Waals surface area contributed by atoms with Crippen molar-refractivity contribution in [1.29, 1.82) is 0 Å². The van der Waals surface area contributed by atoms with Gasteiger partial charge in [0.2, 0.25) is 0 Å². The van der Waals surface area contributed by atoms with E-state index in [1.807, 2.05) is 42.5 Å². The largest absolute Gasteiger partial charge is 0.220 e. The molecule has 1 heterocycles. The van der Waals surface area contributed by atoms with Crippen molar-refractivity contribution >= 4 is 0 Å². The predicted octanol–water partition coefficient (Wildman–Crippen LogP) is 3.24. The molecule has 0 saturated carbocycles. The molecule has 0 N–H and O–H groups in total. The predicted molar refractivity (Wildman–Crippen MR) is 71.5 cm³/mol. The van der Waals surface area contributed by atoms with Gasteiger partial charge in [-0.2, -0.15) is 0 Å². The van der Waals surface area contributed by atoms with Gasteiger partial charge >= 0.3 is 0 Å². The van der Waals surface area contributed by atoms with Crippen molar-refractivity contribution in [2.24, 2.45) is 0 Å². The van der Waals surface area contributed by atoms with E-state index in [2.05, 4.69) is 29.1 Å². The van der Waals surface area contributed by atoms with E-state index in [1.54, 1.807) is 11.0 Å². The molecule has 0 saturated heterocycles. The summed E-state index contributed by atoms with van der Waals surface area (Å²) in [7, 11) is 0. The van der Waals surface area contributed by atoms with Crippen LogP contribution in [0.5, 0.6) is 0 Å². The fraction of sp³-hybridized carbons (Fsp3) is 0.0667. The van der Waals surface area contributed by atoms with Gasteiger partial charge in [-0.1, -0.05) is 48.0 Å². The van der Waals surface area contributed by atoms with Crippen molar-refractivity contribution in [3.05, 3.63) is 66.5 Å². The molecule has 0 aliphatic rings. The average Bonchev–Trinajstić information content (AvgIpc) is 2.90. The molecule has 2 aromatic carbocycles. The zero-order valence-electron chi connectivity index (χ0n) is 10.1. The zero-order chi connectivity index (χ0) is 12.4. The molecule has 0 aliphatic carbocycles. The Kier molecular flexibility index (Phi) is 2.65. The summed E-state index contributed by atoms with van der Waals surface area (Å²) in [4.78, 5) is 4.34. The van der Waals surface area contributed by atoms with Crippen LogP contribution in [0.25, 0.3) is 17.1 Å². The lowest BCUT2D eigenvalue weighted by molar-refractivity contribution is 0.881. The van der Waals surface area contributed by atoms with Crippen LogP contribution < -0.4 is 0 Å². The number of nitrogens with zero attached hydrogens (tertiary/aromatic N) is 3. The summed E-state index contributed by atoms with van der Waals surface area (Å²) in [6.07, 6.45) is 1.74.